The normalized spacial score (nSPS) is 19.7. The van der Waals surface area contributed by atoms with Gasteiger partial charge in [0.2, 0.25) is 5.91 Å². The summed E-state index contributed by atoms with van der Waals surface area (Å²) in [5, 5.41) is 0. The summed E-state index contributed by atoms with van der Waals surface area (Å²) in [5.41, 5.74) is 3.44. The van der Waals surface area contributed by atoms with Crippen LogP contribution in [0.3, 0.4) is 0 Å². The molecule has 0 unspecified atom stereocenters. The van der Waals surface area contributed by atoms with Crippen LogP contribution in [0.4, 0.5) is 0 Å². The minimum atomic E-state index is -0.486. The number of nitrogens with zero attached hydrogens (tertiary/aromatic N) is 2. The fourth-order valence-corrected chi connectivity index (χ4v) is 4.92. The summed E-state index contributed by atoms with van der Waals surface area (Å²) >= 11 is 0. The van der Waals surface area contributed by atoms with Crippen LogP contribution in [0.15, 0.2) is 78.9 Å². The van der Waals surface area contributed by atoms with Crippen molar-refractivity contribution in [2.24, 2.45) is 0 Å². The highest BCUT2D eigenvalue weighted by Gasteiger charge is 2.49. The summed E-state index contributed by atoms with van der Waals surface area (Å²) in [7, 11) is 3.48. The fourth-order valence-electron chi connectivity index (χ4n) is 4.92. The van der Waals surface area contributed by atoms with Crippen molar-refractivity contribution in [2.75, 3.05) is 14.2 Å². The number of hydrogen-bond acceptors (Lipinski definition) is 3. The average Bonchev–Trinajstić information content (AvgIpc) is 3.69. The molecule has 33 heavy (non-hydrogen) atoms. The van der Waals surface area contributed by atoms with E-state index in [9.17, 15) is 9.59 Å². The van der Waals surface area contributed by atoms with Crippen molar-refractivity contribution < 1.29 is 14.3 Å². The Bertz CT molecular complexity index is 1170. The Hall–Kier alpha value is -3.60. The number of hydrogen-bond donors (Lipinski definition) is 0. The van der Waals surface area contributed by atoms with Crippen LogP contribution in [0.1, 0.15) is 51.8 Å². The second kappa shape index (κ2) is 8.74. The van der Waals surface area contributed by atoms with Gasteiger partial charge in [0.05, 0.1) is 19.1 Å². The van der Waals surface area contributed by atoms with Gasteiger partial charge in [-0.05, 0) is 47.7 Å². The zero-order valence-corrected chi connectivity index (χ0v) is 19.0. The van der Waals surface area contributed by atoms with Gasteiger partial charge in [-0.2, -0.15) is 0 Å². The number of carbonyl (C=O) groups is 2. The molecular weight excluding hydrogens is 412 g/mol. The van der Waals surface area contributed by atoms with Crippen LogP contribution in [0.5, 0.6) is 5.75 Å². The first-order valence-electron chi connectivity index (χ1n) is 11.4. The van der Waals surface area contributed by atoms with Gasteiger partial charge in [0.25, 0.3) is 5.91 Å². The van der Waals surface area contributed by atoms with E-state index in [2.05, 4.69) is 0 Å². The molecule has 0 aromatic heterocycles. The molecule has 0 N–H and O–H groups in total. The molecule has 1 saturated carbocycles. The first kappa shape index (κ1) is 21.3. The number of rotatable bonds is 6. The second-order valence-corrected chi connectivity index (χ2v) is 8.91. The third kappa shape index (κ3) is 3.99. The number of carbonyl (C=O) groups excluding carboxylic acids is 2. The predicted octanol–water partition coefficient (Wildman–Crippen LogP) is 4.80. The predicted molar refractivity (Wildman–Crippen MR) is 127 cm³/mol. The van der Waals surface area contributed by atoms with Crippen molar-refractivity contribution in [1.29, 1.82) is 0 Å². The van der Waals surface area contributed by atoms with Crippen LogP contribution in [-0.4, -0.2) is 41.8 Å². The van der Waals surface area contributed by atoms with Crippen LogP contribution < -0.4 is 4.74 Å². The highest BCUT2D eigenvalue weighted by molar-refractivity contribution is 6.01. The second-order valence-electron chi connectivity index (χ2n) is 8.91. The van der Waals surface area contributed by atoms with Gasteiger partial charge in [0, 0.05) is 25.2 Å². The molecule has 0 spiro atoms. The van der Waals surface area contributed by atoms with Crippen LogP contribution in [0, 0.1) is 0 Å². The van der Waals surface area contributed by atoms with E-state index in [1.807, 2.05) is 90.8 Å². The molecule has 1 fully saturated rings. The summed E-state index contributed by atoms with van der Waals surface area (Å²) in [5.74, 6) is 0.256. The lowest BCUT2D eigenvalue weighted by molar-refractivity contribution is -0.134. The maximum Gasteiger partial charge on any atom is 0.254 e. The Balaban J connectivity index is 1.61. The SMILES string of the molecule is COc1cccc([C@H]2[C@@H](C(=O)N(C)Cc3ccccc3)c3ccccc3C(=O)N2C2CC2)c1. The standard InChI is InChI=1S/C28H28N2O3/c1-29(18-19-9-4-3-5-10-19)28(32)25-23-13-6-7-14-24(23)27(31)30(21-15-16-21)26(25)20-11-8-12-22(17-20)33-2/h3-14,17,21,25-26H,15-16,18H2,1-2H3/t25-,26-/m0/s1. The first-order valence-corrected chi connectivity index (χ1v) is 11.4. The maximum absolute atomic E-state index is 14.1. The summed E-state index contributed by atoms with van der Waals surface area (Å²) in [6.45, 7) is 0.514. The third-order valence-corrected chi connectivity index (χ3v) is 6.66. The van der Waals surface area contributed by atoms with Crippen LogP contribution in [-0.2, 0) is 11.3 Å². The molecule has 3 aromatic carbocycles. The summed E-state index contributed by atoms with van der Waals surface area (Å²) in [4.78, 5) is 31.4. The van der Waals surface area contributed by atoms with Crippen molar-refractivity contribution in [3.05, 3.63) is 101 Å². The van der Waals surface area contributed by atoms with Crippen LogP contribution >= 0.6 is 0 Å². The van der Waals surface area contributed by atoms with Gasteiger partial charge < -0.3 is 14.5 Å². The van der Waals surface area contributed by atoms with E-state index < -0.39 is 5.92 Å². The van der Waals surface area contributed by atoms with Gasteiger partial charge in [-0.3, -0.25) is 9.59 Å². The van der Waals surface area contributed by atoms with Gasteiger partial charge in [-0.15, -0.1) is 0 Å². The van der Waals surface area contributed by atoms with E-state index in [0.29, 0.717) is 12.1 Å². The highest BCUT2D eigenvalue weighted by Crippen LogP contribution is 2.48. The van der Waals surface area contributed by atoms with Crippen LogP contribution in [0.2, 0.25) is 0 Å². The fraction of sp³-hybridized carbons (Fsp3) is 0.286. The molecule has 5 nitrogen and oxygen atoms in total. The number of likely N-dealkylation sites (N-methyl/N-ethyl adjacent to an activating group) is 1. The first-order chi connectivity index (χ1) is 16.1. The zero-order chi connectivity index (χ0) is 22.9. The summed E-state index contributed by atoms with van der Waals surface area (Å²) < 4.78 is 5.48. The van der Waals surface area contributed by atoms with Gasteiger partial charge in [0.1, 0.15) is 5.75 Å². The summed E-state index contributed by atoms with van der Waals surface area (Å²) in [6, 6.07) is 25.1. The molecule has 1 aliphatic heterocycles. The Morgan fingerprint density at radius 2 is 1.73 bits per heavy atom. The van der Waals surface area contributed by atoms with E-state index in [0.717, 1.165) is 35.3 Å². The summed E-state index contributed by atoms with van der Waals surface area (Å²) in [6.07, 6.45) is 1.93. The van der Waals surface area contributed by atoms with E-state index in [4.69, 9.17) is 4.74 Å². The molecular formula is C28H28N2O3. The molecule has 0 saturated heterocycles. The number of methoxy groups -OCH3 is 1. The molecule has 0 radical (unpaired) electrons. The van der Waals surface area contributed by atoms with Crippen molar-refractivity contribution in [1.82, 2.24) is 9.80 Å². The molecule has 5 heteroatoms. The van der Waals surface area contributed by atoms with E-state index in [1.54, 1.807) is 12.0 Å². The highest BCUT2D eigenvalue weighted by atomic mass is 16.5. The Morgan fingerprint density at radius 3 is 2.45 bits per heavy atom. The van der Waals surface area contributed by atoms with Crippen molar-refractivity contribution in [3.8, 4) is 5.75 Å². The van der Waals surface area contributed by atoms with Crippen LogP contribution in [0.25, 0.3) is 0 Å². The van der Waals surface area contributed by atoms with E-state index >= 15 is 0 Å². The monoisotopic (exact) mass is 440 g/mol. The number of benzene rings is 3. The minimum Gasteiger partial charge on any atom is -0.497 e. The number of amides is 2. The largest absolute Gasteiger partial charge is 0.497 e. The lowest BCUT2D eigenvalue weighted by Crippen LogP contribution is -2.48. The Kier molecular flexibility index (Phi) is 5.63. The minimum absolute atomic E-state index is 0.00989. The van der Waals surface area contributed by atoms with E-state index in [1.165, 1.54) is 0 Å². The van der Waals surface area contributed by atoms with Gasteiger partial charge in [-0.1, -0.05) is 60.7 Å². The van der Waals surface area contributed by atoms with Gasteiger partial charge in [0.15, 0.2) is 0 Å². The molecule has 2 atom stereocenters. The molecule has 168 valence electrons. The van der Waals surface area contributed by atoms with Gasteiger partial charge in [-0.25, -0.2) is 0 Å². The van der Waals surface area contributed by atoms with E-state index in [-0.39, 0.29) is 23.9 Å². The average molecular weight is 441 g/mol. The molecule has 2 aliphatic rings. The maximum atomic E-state index is 14.1. The quantitative estimate of drug-likeness (QED) is 0.553. The number of ether oxygens (including phenoxy) is 1. The lowest BCUT2D eigenvalue weighted by atomic mass is 9.78. The van der Waals surface area contributed by atoms with Gasteiger partial charge >= 0.3 is 0 Å². The van der Waals surface area contributed by atoms with Crippen molar-refractivity contribution in [3.63, 3.8) is 0 Å². The smallest absolute Gasteiger partial charge is 0.254 e. The molecule has 0 bridgehead atoms. The molecule has 1 aliphatic carbocycles. The van der Waals surface area contributed by atoms with Crippen molar-refractivity contribution in [2.45, 2.75) is 37.4 Å². The number of fused-ring (bicyclic) bond motifs is 1. The molecule has 1 heterocycles. The molecule has 3 aromatic rings. The third-order valence-electron chi connectivity index (χ3n) is 6.66. The topological polar surface area (TPSA) is 49.9 Å². The molecule has 5 rings (SSSR count). The lowest BCUT2D eigenvalue weighted by Gasteiger charge is -2.43. The Labute approximate surface area is 194 Å². The Morgan fingerprint density at radius 1 is 1.00 bits per heavy atom. The zero-order valence-electron chi connectivity index (χ0n) is 19.0. The molecule has 2 amide bonds. The van der Waals surface area contributed by atoms with Crippen molar-refractivity contribution >= 4 is 11.8 Å².